The van der Waals surface area contributed by atoms with Gasteiger partial charge in [0.25, 0.3) is 0 Å². The Morgan fingerprint density at radius 2 is 0.478 bits per heavy atom. The number of hydrogen-bond acceptors (Lipinski definition) is 6. The lowest BCUT2D eigenvalue weighted by molar-refractivity contribution is -0.167. The molecule has 0 N–H and O–H groups in total. The van der Waals surface area contributed by atoms with E-state index in [1.807, 2.05) is 0 Å². The van der Waals surface area contributed by atoms with Crippen molar-refractivity contribution in [3.63, 3.8) is 0 Å². The van der Waals surface area contributed by atoms with Crippen LogP contribution in [-0.2, 0) is 28.6 Å². The van der Waals surface area contributed by atoms with Crippen molar-refractivity contribution in [2.75, 3.05) is 13.2 Å². The van der Waals surface area contributed by atoms with Gasteiger partial charge in [0.1, 0.15) is 13.2 Å². The number of ether oxygens (including phenoxy) is 3. The van der Waals surface area contributed by atoms with Gasteiger partial charge in [-0.2, -0.15) is 0 Å². The Bertz CT molecular complexity index is 1060. The standard InChI is InChI=1S/C63H122O6/c1-6-7-8-9-10-11-26-33-38-43-48-53-61(64)67-56-60(69-63(66)55-50-45-40-35-30-25-21-17-16-19-23-28-32-37-42-47-52-59(4)5)57-68-62(65)54-49-44-39-34-29-24-20-15-13-12-14-18-22-27-31-36-41-46-51-58(2)3/h58-60H,6-57H2,1-5H3/t60-/m1/s1. The molecular formula is C63H122O6. The topological polar surface area (TPSA) is 78.9 Å². The average Bonchev–Trinajstić information content (AvgIpc) is 3.32. The van der Waals surface area contributed by atoms with Crippen molar-refractivity contribution in [3.8, 4) is 0 Å². The van der Waals surface area contributed by atoms with Crippen LogP contribution in [0.15, 0.2) is 0 Å². The first-order chi connectivity index (χ1) is 33.7. The van der Waals surface area contributed by atoms with E-state index in [4.69, 9.17) is 14.2 Å². The van der Waals surface area contributed by atoms with Crippen molar-refractivity contribution in [2.45, 2.75) is 362 Å². The van der Waals surface area contributed by atoms with Crippen LogP contribution in [0.25, 0.3) is 0 Å². The van der Waals surface area contributed by atoms with Crippen LogP contribution in [0.1, 0.15) is 356 Å². The molecule has 0 aromatic carbocycles. The molecule has 1 atom stereocenters. The second-order valence-electron chi connectivity index (χ2n) is 22.6. The van der Waals surface area contributed by atoms with Crippen molar-refractivity contribution >= 4 is 17.9 Å². The molecule has 0 aliphatic heterocycles. The Morgan fingerprint density at radius 3 is 0.710 bits per heavy atom. The maximum Gasteiger partial charge on any atom is 0.306 e. The molecule has 0 aromatic rings. The second-order valence-corrected chi connectivity index (χ2v) is 22.6. The summed E-state index contributed by atoms with van der Waals surface area (Å²) in [5, 5.41) is 0. The lowest BCUT2D eigenvalue weighted by atomic mass is 10.0. The van der Waals surface area contributed by atoms with Crippen molar-refractivity contribution in [3.05, 3.63) is 0 Å². The molecule has 0 radical (unpaired) electrons. The van der Waals surface area contributed by atoms with E-state index in [1.165, 1.54) is 244 Å². The highest BCUT2D eigenvalue weighted by atomic mass is 16.6. The summed E-state index contributed by atoms with van der Waals surface area (Å²) in [6, 6.07) is 0. The maximum absolute atomic E-state index is 12.9. The van der Waals surface area contributed by atoms with Crippen molar-refractivity contribution in [1.29, 1.82) is 0 Å². The van der Waals surface area contributed by atoms with E-state index in [-0.39, 0.29) is 31.1 Å². The van der Waals surface area contributed by atoms with E-state index in [9.17, 15) is 14.4 Å². The maximum atomic E-state index is 12.9. The molecular weight excluding hydrogens is 853 g/mol. The molecule has 0 amide bonds. The van der Waals surface area contributed by atoms with E-state index in [1.54, 1.807) is 0 Å². The zero-order valence-corrected chi connectivity index (χ0v) is 47.5. The van der Waals surface area contributed by atoms with E-state index in [0.717, 1.165) is 69.6 Å². The SMILES string of the molecule is CCCCCCCCCCCCCC(=O)OC[C@H](COC(=O)CCCCCCCCCCCCCCCCCCCCC(C)C)OC(=O)CCCCCCCCCCCCCCCCCCC(C)C. The summed E-state index contributed by atoms with van der Waals surface area (Å²) >= 11 is 0. The van der Waals surface area contributed by atoms with Crippen molar-refractivity contribution in [2.24, 2.45) is 11.8 Å². The quantitative estimate of drug-likeness (QED) is 0.0343. The summed E-state index contributed by atoms with van der Waals surface area (Å²) < 4.78 is 16.9. The van der Waals surface area contributed by atoms with Crippen LogP contribution in [0.5, 0.6) is 0 Å². The minimum absolute atomic E-state index is 0.0620. The summed E-state index contributed by atoms with van der Waals surface area (Å²) in [6.07, 6.45) is 61.1. The molecule has 69 heavy (non-hydrogen) atoms. The molecule has 0 spiro atoms. The second kappa shape index (κ2) is 55.7. The van der Waals surface area contributed by atoms with Crippen LogP contribution >= 0.6 is 0 Å². The Hall–Kier alpha value is -1.59. The molecule has 0 aliphatic rings. The van der Waals surface area contributed by atoms with Crippen LogP contribution in [0.2, 0.25) is 0 Å². The van der Waals surface area contributed by atoms with Gasteiger partial charge >= 0.3 is 17.9 Å². The first-order valence-corrected chi connectivity index (χ1v) is 31.2. The fourth-order valence-corrected chi connectivity index (χ4v) is 9.76. The van der Waals surface area contributed by atoms with E-state index >= 15 is 0 Å². The van der Waals surface area contributed by atoms with E-state index in [2.05, 4.69) is 34.6 Å². The van der Waals surface area contributed by atoms with Crippen molar-refractivity contribution < 1.29 is 28.6 Å². The molecule has 0 unspecified atom stereocenters. The third-order valence-electron chi connectivity index (χ3n) is 14.5. The molecule has 0 saturated heterocycles. The average molecular weight is 976 g/mol. The van der Waals surface area contributed by atoms with Gasteiger partial charge in [0.2, 0.25) is 0 Å². The zero-order chi connectivity index (χ0) is 50.4. The molecule has 0 heterocycles. The molecule has 0 aromatic heterocycles. The molecule has 0 rings (SSSR count). The Balaban J connectivity index is 4.21. The molecule has 0 aliphatic carbocycles. The van der Waals surface area contributed by atoms with Gasteiger partial charge in [-0.3, -0.25) is 14.4 Å². The van der Waals surface area contributed by atoms with Gasteiger partial charge in [0.05, 0.1) is 0 Å². The normalized spacial score (nSPS) is 12.0. The highest BCUT2D eigenvalue weighted by Crippen LogP contribution is 2.19. The number of unbranched alkanes of at least 4 members (excludes halogenated alkanes) is 42. The monoisotopic (exact) mass is 975 g/mol. The number of carbonyl (C=O) groups is 3. The lowest BCUT2D eigenvalue weighted by Gasteiger charge is -2.18. The van der Waals surface area contributed by atoms with Crippen molar-refractivity contribution in [1.82, 2.24) is 0 Å². The summed E-state index contributed by atoms with van der Waals surface area (Å²) in [6.45, 7) is 11.5. The molecule has 0 fully saturated rings. The predicted octanol–water partition coefficient (Wildman–Crippen LogP) is 20.8. The Kier molecular flexibility index (Phi) is 54.4. The minimum atomic E-state index is -0.763. The third kappa shape index (κ3) is 57.2. The first-order valence-electron chi connectivity index (χ1n) is 31.2. The summed E-state index contributed by atoms with van der Waals surface area (Å²) in [4.78, 5) is 38.2. The molecule has 6 heteroatoms. The minimum Gasteiger partial charge on any atom is -0.462 e. The predicted molar refractivity (Wildman–Crippen MR) is 298 cm³/mol. The smallest absolute Gasteiger partial charge is 0.306 e. The number of carbonyl (C=O) groups excluding carboxylic acids is 3. The third-order valence-corrected chi connectivity index (χ3v) is 14.5. The fraction of sp³-hybridized carbons (Fsp3) is 0.952. The van der Waals surface area contributed by atoms with Gasteiger partial charge < -0.3 is 14.2 Å². The van der Waals surface area contributed by atoms with Crippen LogP contribution in [0.4, 0.5) is 0 Å². The summed E-state index contributed by atoms with van der Waals surface area (Å²) in [5.41, 5.74) is 0. The van der Waals surface area contributed by atoms with Gasteiger partial charge in [-0.05, 0) is 31.1 Å². The van der Waals surface area contributed by atoms with Gasteiger partial charge in [0.15, 0.2) is 6.10 Å². The summed E-state index contributed by atoms with van der Waals surface area (Å²) in [7, 11) is 0. The Labute approximate surface area is 431 Å². The lowest BCUT2D eigenvalue weighted by Crippen LogP contribution is -2.30. The van der Waals surface area contributed by atoms with Gasteiger partial charge in [0, 0.05) is 19.3 Å². The molecule has 0 saturated carbocycles. The number of rotatable bonds is 57. The van der Waals surface area contributed by atoms with Gasteiger partial charge in [-0.25, -0.2) is 0 Å². The zero-order valence-electron chi connectivity index (χ0n) is 47.5. The molecule has 6 nitrogen and oxygen atoms in total. The molecule has 0 bridgehead atoms. The first kappa shape index (κ1) is 67.4. The van der Waals surface area contributed by atoms with Crippen LogP contribution < -0.4 is 0 Å². The van der Waals surface area contributed by atoms with Crippen LogP contribution in [-0.4, -0.2) is 37.2 Å². The fourth-order valence-electron chi connectivity index (χ4n) is 9.76. The molecule has 410 valence electrons. The number of hydrogen-bond donors (Lipinski definition) is 0. The highest BCUT2D eigenvalue weighted by molar-refractivity contribution is 5.71. The largest absolute Gasteiger partial charge is 0.462 e. The van der Waals surface area contributed by atoms with Gasteiger partial charge in [-0.1, -0.05) is 317 Å². The Morgan fingerprint density at radius 1 is 0.275 bits per heavy atom. The highest BCUT2D eigenvalue weighted by Gasteiger charge is 2.19. The van der Waals surface area contributed by atoms with E-state index < -0.39 is 6.10 Å². The summed E-state index contributed by atoms with van der Waals surface area (Å²) in [5.74, 6) is 0.877. The van der Waals surface area contributed by atoms with Crippen LogP contribution in [0.3, 0.4) is 0 Å². The van der Waals surface area contributed by atoms with E-state index in [0.29, 0.717) is 19.3 Å². The van der Waals surface area contributed by atoms with Gasteiger partial charge in [-0.15, -0.1) is 0 Å². The number of esters is 3. The van der Waals surface area contributed by atoms with Crippen LogP contribution in [0, 0.1) is 11.8 Å².